The standard InChI is InChI=1S/C25H24F2N2O2S/c1-3-17-9-8-10-18(4-2)21(17)28-24(32)22(29-15-6-5-7-16-29)23(30)19-11-13-20(14-12-19)31-25(26)27/h5-16,25H,3-4H2,1-2H3,(H-,28,30,32). The van der Waals surface area contributed by atoms with Crippen molar-refractivity contribution in [1.82, 2.24) is 0 Å². The zero-order valence-corrected chi connectivity index (χ0v) is 18.7. The quantitative estimate of drug-likeness (QED) is 0.229. The molecule has 0 aliphatic rings. The molecule has 1 aromatic heterocycles. The highest BCUT2D eigenvalue weighted by molar-refractivity contribution is 7.81. The number of hydrogen-bond acceptors (Lipinski definition) is 3. The van der Waals surface area contributed by atoms with Crippen molar-refractivity contribution < 1.29 is 23.2 Å². The third-order valence-electron chi connectivity index (χ3n) is 4.98. The number of benzene rings is 2. The van der Waals surface area contributed by atoms with Crippen LogP contribution in [0.25, 0.3) is 11.5 Å². The van der Waals surface area contributed by atoms with Crippen LogP contribution >= 0.6 is 12.2 Å². The Morgan fingerprint density at radius 2 is 1.56 bits per heavy atom. The van der Waals surface area contributed by atoms with Crippen LogP contribution in [0.15, 0.2) is 73.1 Å². The van der Waals surface area contributed by atoms with Crippen molar-refractivity contribution in [3.63, 3.8) is 0 Å². The van der Waals surface area contributed by atoms with E-state index in [1.807, 2.05) is 24.3 Å². The number of alkyl halides is 2. The van der Waals surface area contributed by atoms with Crippen molar-refractivity contribution in [1.29, 1.82) is 0 Å². The Bertz CT molecular complexity index is 1080. The van der Waals surface area contributed by atoms with E-state index in [0.29, 0.717) is 5.56 Å². The average molecular weight is 455 g/mol. The minimum absolute atomic E-state index is 0.0179. The van der Waals surface area contributed by atoms with Gasteiger partial charge >= 0.3 is 6.61 Å². The Kier molecular flexibility index (Phi) is 7.89. The lowest BCUT2D eigenvalue weighted by molar-refractivity contribution is -0.577. The van der Waals surface area contributed by atoms with Gasteiger partial charge in [0.2, 0.25) is 5.70 Å². The highest BCUT2D eigenvalue weighted by Gasteiger charge is 2.20. The summed E-state index contributed by atoms with van der Waals surface area (Å²) < 4.78 is 30.9. The molecule has 0 radical (unpaired) electrons. The Morgan fingerprint density at radius 3 is 2.09 bits per heavy atom. The number of hydrogen-bond donors (Lipinski definition) is 1. The van der Waals surface area contributed by atoms with Crippen LogP contribution < -0.4 is 19.7 Å². The fourth-order valence-corrected chi connectivity index (χ4v) is 3.69. The molecule has 0 aliphatic heterocycles. The molecule has 0 atom stereocenters. The third kappa shape index (κ3) is 5.48. The maximum absolute atomic E-state index is 13.4. The first-order chi connectivity index (χ1) is 15.4. The van der Waals surface area contributed by atoms with Crippen molar-refractivity contribution in [2.24, 2.45) is 0 Å². The minimum atomic E-state index is -2.93. The van der Waals surface area contributed by atoms with Crippen molar-refractivity contribution in [2.45, 2.75) is 33.3 Å². The van der Waals surface area contributed by atoms with Crippen LogP contribution in [0.2, 0.25) is 0 Å². The van der Waals surface area contributed by atoms with Crippen LogP contribution in [-0.4, -0.2) is 11.6 Å². The lowest BCUT2D eigenvalue weighted by atomic mass is 10.0. The molecule has 0 unspecified atom stereocenters. The second kappa shape index (κ2) is 10.8. The smallest absolute Gasteiger partial charge is 0.387 e. The fraction of sp³-hybridized carbons (Fsp3) is 0.200. The lowest BCUT2D eigenvalue weighted by Gasteiger charge is -2.19. The number of aromatic nitrogens is 1. The zero-order chi connectivity index (χ0) is 23.1. The van der Waals surface area contributed by atoms with E-state index >= 15 is 0 Å². The van der Waals surface area contributed by atoms with E-state index in [4.69, 9.17) is 12.2 Å². The number of thiocarbonyl (C=S) groups is 1. The average Bonchev–Trinajstić information content (AvgIpc) is 2.80. The third-order valence-corrected chi connectivity index (χ3v) is 5.28. The van der Waals surface area contributed by atoms with Gasteiger partial charge in [-0.15, -0.1) is 0 Å². The molecule has 0 saturated carbocycles. The van der Waals surface area contributed by atoms with E-state index in [1.165, 1.54) is 24.3 Å². The van der Waals surface area contributed by atoms with Gasteiger partial charge in [-0.05, 0) is 47.4 Å². The Balaban J connectivity index is 2.05. The molecule has 2 aromatic carbocycles. The number of rotatable bonds is 8. The normalized spacial score (nSPS) is 11.8. The molecule has 0 bridgehead atoms. The number of ether oxygens (including phenoxy) is 1. The molecule has 0 amide bonds. The lowest BCUT2D eigenvalue weighted by Crippen LogP contribution is -2.40. The van der Waals surface area contributed by atoms with Gasteiger partial charge in [-0.25, -0.2) is 0 Å². The van der Waals surface area contributed by atoms with Crippen molar-refractivity contribution >= 4 is 34.3 Å². The summed E-state index contributed by atoms with van der Waals surface area (Å²) in [5, 5.41) is 16.7. The van der Waals surface area contributed by atoms with E-state index in [0.717, 1.165) is 29.7 Å². The Morgan fingerprint density at radius 1 is 0.969 bits per heavy atom. The van der Waals surface area contributed by atoms with Gasteiger partial charge in [-0.3, -0.25) is 0 Å². The molecule has 32 heavy (non-hydrogen) atoms. The molecule has 1 heterocycles. The second-order valence-electron chi connectivity index (χ2n) is 6.98. The maximum atomic E-state index is 13.4. The van der Waals surface area contributed by atoms with E-state index in [2.05, 4.69) is 23.9 Å². The topological polar surface area (TPSA) is 48.2 Å². The summed E-state index contributed by atoms with van der Waals surface area (Å²) in [5.41, 5.74) is 3.68. The molecule has 0 aliphatic carbocycles. The van der Waals surface area contributed by atoms with E-state index < -0.39 is 6.61 Å². The van der Waals surface area contributed by atoms with Gasteiger partial charge < -0.3 is 15.2 Å². The van der Waals surface area contributed by atoms with Crippen LogP contribution in [0, 0.1) is 0 Å². The van der Waals surface area contributed by atoms with Gasteiger partial charge in [-0.1, -0.05) is 62.5 Å². The van der Waals surface area contributed by atoms with E-state index in [-0.39, 0.29) is 22.2 Å². The molecular weight excluding hydrogens is 430 g/mol. The van der Waals surface area contributed by atoms with Crippen molar-refractivity contribution in [3.8, 4) is 5.75 Å². The van der Waals surface area contributed by atoms with Crippen LogP contribution in [0.1, 0.15) is 30.5 Å². The first kappa shape index (κ1) is 23.3. The van der Waals surface area contributed by atoms with Crippen LogP contribution in [0.3, 0.4) is 0 Å². The predicted octanol–water partition coefficient (Wildman–Crippen LogP) is 4.83. The van der Waals surface area contributed by atoms with Gasteiger partial charge in [0, 0.05) is 17.8 Å². The Labute approximate surface area is 191 Å². The van der Waals surface area contributed by atoms with Crippen molar-refractivity contribution in [3.05, 3.63) is 89.7 Å². The summed E-state index contributed by atoms with van der Waals surface area (Å²) >= 11 is 5.70. The molecule has 3 aromatic rings. The molecule has 0 spiro atoms. The molecular formula is C25H24F2N2O2S. The molecule has 0 saturated heterocycles. The summed E-state index contributed by atoms with van der Waals surface area (Å²) in [4.78, 5) is 0.273. The molecule has 166 valence electrons. The summed E-state index contributed by atoms with van der Waals surface area (Å²) in [7, 11) is 0. The SMILES string of the molecule is CCc1cccc(CC)c1NC(=S)/C(=C(\[O-])c1ccc(OC(F)F)cc1)[n+]1ccccc1. The summed E-state index contributed by atoms with van der Waals surface area (Å²) in [6.07, 6.45) is 5.10. The number of para-hydroxylation sites is 1. The first-order valence-corrected chi connectivity index (χ1v) is 10.7. The number of pyridine rings is 1. The molecule has 1 N–H and O–H groups in total. The van der Waals surface area contributed by atoms with Crippen LogP contribution in [-0.2, 0) is 12.8 Å². The summed E-state index contributed by atoms with van der Waals surface area (Å²) in [6.45, 7) is 1.20. The van der Waals surface area contributed by atoms with E-state index in [9.17, 15) is 13.9 Å². The summed E-state index contributed by atoms with van der Waals surface area (Å²) in [6, 6.07) is 17.1. The summed E-state index contributed by atoms with van der Waals surface area (Å²) in [5.74, 6) is -0.357. The second-order valence-corrected chi connectivity index (χ2v) is 7.38. The predicted molar refractivity (Wildman–Crippen MR) is 124 cm³/mol. The van der Waals surface area contributed by atoms with Gasteiger partial charge in [0.1, 0.15) is 5.75 Å². The van der Waals surface area contributed by atoms with E-state index in [1.54, 1.807) is 29.1 Å². The molecule has 4 nitrogen and oxygen atoms in total. The molecule has 3 rings (SSSR count). The molecule has 0 fully saturated rings. The molecule has 7 heteroatoms. The van der Waals surface area contributed by atoms with Gasteiger partial charge in [0.25, 0.3) is 0 Å². The monoisotopic (exact) mass is 454 g/mol. The number of anilines is 1. The fourth-order valence-electron chi connectivity index (χ4n) is 3.39. The van der Waals surface area contributed by atoms with Crippen LogP contribution in [0.5, 0.6) is 5.75 Å². The number of nitrogens with zero attached hydrogens (tertiary/aromatic N) is 1. The van der Waals surface area contributed by atoms with Crippen LogP contribution in [0.4, 0.5) is 14.5 Å². The number of halogens is 2. The number of aryl methyl sites for hydroxylation is 2. The highest BCUT2D eigenvalue weighted by Crippen LogP contribution is 2.25. The largest absolute Gasteiger partial charge is 0.867 e. The van der Waals surface area contributed by atoms with Crippen molar-refractivity contribution in [2.75, 3.05) is 5.32 Å². The van der Waals surface area contributed by atoms with Gasteiger partial charge in [0.15, 0.2) is 17.4 Å². The van der Waals surface area contributed by atoms with Gasteiger partial charge in [0.05, 0.1) is 0 Å². The zero-order valence-electron chi connectivity index (χ0n) is 17.8. The number of nitrogens with one attached hydrogen (secondary N) is 1. The Hall–Kier alpha value is -3.32. The highest BCUT2D eigenvalue weighted by atomic mass is 32.1. The first-order valence-electron chi connectivity index (χ1n) is 10.3. The minimum Gasteiger partial charge on any atom is -0.867 e. The maximum Gasteiger partial charge on any atom is 0.387 e. The van der Waals surface area contributed by atoms with Gasteiger partial charge in [-0.2, -0.15) is 13.3 Å².